The van der Waals surface area contributed by atoms with Crippen molar-refractivity contribution in [2.24, 2.45) is 0 Å². The molecule has 3 rings (SSSR count). The number of aromatic nitrogens is 3. The molecule has 1 heterocycles. The Kier molecular flexibility index (Phi) is 5.01. The van der Waals surface area contributed by atoms with Crippen molar-refractivity contribution < 1.29 is 4.79 Å². The van der Waals surface area contributed by atoms with E-state index in [0.29, 0.717) is 19.5 Å². The first kappa shape index (κ1) is 15.9. The molecule has 24 heavy (non-hydrogen) atoms. The first-order valence-corrected chi connectivity index (χ1v) is 7.96. The van der Waals surface area contributed by atoms with Crippen molar-refractivity contribution in [3.8, 4) is 11.1 Å². The average Bonchev–Trinajstić information content (AvgIpc) is 3.12. The molecule has 0 saturated carbocycles. The van der Waals surface area contributed by atoms with Crippen molar-refractivity contribution in [1.29, 1.82) is 0 Å². The number of rotatable bonds is 6. The van der Waals surface area contributed by atoms with Crippen molar-refractivity contribution in [1.82, 2.24) is 20.1 Å². The highest BCUT2D eigenvalue weighted by Gasteiger charge is 2.04. The van der Waals surface area contributed by atoms with E-state index in [1.165, 1.54) is 17.5 Å². The van der Waals surface area contributed by atoms with Gasteiger partial charge in [0.15, 0.2) is 0 Å². The zero-order valence-electron chi connectivity index (χ0n) is 13.6. The van der Waals surface area contributed by atoms with Gasteiger partial charge in [-0.2, -0.15) is 5.10 Å². The summed E-state index contributed by atoms with van der Waals surface area (Å²) < 4.78 is 1.65. The second-order valence-electron chi connectivity index (χ2n) is 5.76. The second-order valence-corrected chi connectivity index (χ2v) is 5.76. The van der Waals surface area contributed by atoms with Gasteiger partial charge in [-0.3, -0.25) is 9.48 Å². The molecule has 0 aliphatic carbocycles. The van der Waals surface area contributed by atoms with Gasteiger partial charge < -0.3 is 5.32 Å². The maximum Gasteiger partial charge on any atom is 0.222 e. The Labute approximate surface area is 141 Å². The van der Waals surface area contributed by atoms with E-state index in [4.69, 9.17) is 0 Å². The number of nitrogens with one attached hydrogen (secondary N) is 1. The highest BCUT2D eigenvalue weighted by molar-refractivity contribution is 5.75. The lowest BCUT2D eigenvalue weighted by Crippen LogP contribution is -2.24. The van der Waals surface area contributed by atoms with E-state index in [9.17, 15) is 4.79 Å². The van der Waals surface area contributed by atoms with Gasteiger partial charge in [0.25, 0.3) is 0 Å². The number of benzene rings is 2. The van der Waals surface area contributed by atoms with Crippen LogP contribution in [-0.4, -0.2) is 20.7 Å². The zero-order chi connectivity index (χ0) is 16.8. The monoisotopic (exact) mass is 320 g/mol. The molecule has 0 spiro atoms. The molecule has 0 aliphatic heterocycles. The highest BCUT2D eigenvalue weighted by atomic mass is 16.1. The summed E-state index contributed by atoms with van der Waals surface area (Å²) in [5.74, 6) is 0.00598. The molecule has 1 amide bonds. The third kappa shape index (κ3) is 4.29. The Morgan fingerprint density at radius 2 is 1.92 bits per heavy atom. The van der Waals surface area contributed by atoms with Crippen molar-refractivity contribution in [2.75, 3.05) is 0 Å². The van der Waals surface area contributed by atoms with Crippen LogP contribution >= 0.6 is 0 Å². The fourth-order valence-electron chi connectivity index (χ4n) is 2.54. The van der Waals surface area contributed by atoms with Crippen molar-refractivity contribution in [3.05, 3.63) is 72.3 Å². The van der Waals surface area contributed by atoms with Gasteiger partial charge in [-0.25, -0.2) is 4.98 Å². The minimum atomic E-state index is 0.00598. The van der Waals surface area contributed by atoms with Crippen LogP contribution in [-0.2, 0) is 17.9 Å². The van der Waals surface area contributed by atoms with Crippen molar-refractivity contribution in [2.45, 2.75) is 26.4 Å². The van der Waals surface area contributed by atoms with E-state index in [1.807, 2.05) is 12.1 Å². The van der Waals surface area contributed by atoms with Crippen LogP contribution in [0.1, 0.15) is 17.5 Å². The molecule has 0 radical (unpaired) electrons. The Hall–Kier alpha value is -2.95. The van der Waals surface area contributed by atoms with Gasteiger partial charge in [0.2, 0.25) is 5.91 Å². The van der Waals surface area contributed by atoms with E-state index >= 15 is 0 Å². The predicted molar refractivity (Wildman–Crippen MR) is 93.1 cm³/mol. The van der Waals surface area contributed by atoms with Gasteiger partial charge in [-0.1, -0.05) is 48.0 Å². The molecule has 0 fully saturated rings. The molecular formula is C19H20N4O. The van der Waals surface area contributed by atoms with Gasteiger partial charge in [0.05, 0.1) is 6.54 Å². The highest BCUT2D eigenvalue weighted by Crippen LogP contribution is 2.21. The molecule has 122 valence electrons. The van der Waals surface area contributed by atoms with Crippen LogP contribution in [0, 0.1) is 6.92 Å². The first-order valence-electron chi connectivity index (χ1n) is 7.96. The Morgan fingerprint density at radius 3 is 2.67 bits per heavy atom. The lowest BCUT2D eigenvalue weighted by molar-refractivity contribution is -0.121. The second kappa shape index (κ2) is 7.55. The molecule has 1 aromatic heterocycles. The van der Waals surface area contributed by atoms with Crippen LogP contribution in [0.5, 0.6) is 0 Å². The summed E-state index contributed by atoms with van der Waals surface area (Å²) in [7, 11) is 0. The summed E-state index contributed by atoms with van der Waals surface area (Å²) in [5, 5.41) is 6.94. The average molecular weight is 320 g/mol. The molecule has 0 atom stereocenters. The molecule has 0 unspecified atom stereocenters. The number of nitrogens with zero attached hydrogens (tertiary/aromatic N) is 3. The molecule has 2 aromatic carbocycles. The number of carbonyl (C=O) groups is 1. The summed E-state index contributed by atoms with van der Waals surface area (Å²) in [6, 6.07) is 16.7. The molecule has 5 heteroatoms. The predicted octanol–water partition coefficient (Wildman–Crippen LogP) is 2.96. The number of hydrogen-bond donors (Lipinski definition) is 1. The van der Waals surface area contributed by atoms with E-state index in [1.54, 1.807) is 11.0 Å². The molecule has 0 aliphatic rings. The number of aryl methyl sites for hydroxylation is 2. The first-order chi connectivity index (χ1) is 11.7. The van der Waals surface area contributed by atoms with E-state index in [0.717, 1.165) is 11.1 Å². The molecule has 5 nitrogen and oxygen atoms in total. The van der Waals surface area contributed by atoms with Crippen LogP contribution in [0.2, 0.25) is 0 Å². The van der Waals surface area contributed by atoms with Crippen LogP contribution in [0.4, 0.5) is 0 Å². The lowest BCUT2D eigenvalue weighted by atomic mass is 10.0. The van der Waals surface area contributed by atoms with Crippen LogP contribution < -0.4 is 5.32 Å². The summed E-state index contributed by atoms with van der Waals surface area (Å²) in [6.45, 7) is 3.15. The van der Waals surface area contributed by atoms with Gasteiger partial charge in [0.1, 0.15) is 12.7 Å². The summed E-state index contributed by atoms with van der Waals surface area (Å²) in [6.07, 6.45) is 3.47. The van der Waals surface area contributed by atoms with Crippen LogP contribution in [0.3, 0.4) is 0 Å². The topological polar surface area (TPSA) is 59.8 Å². The summed E-state index contributed by atoms with van der Waals surface area (Å²) in [4.78, 5) is 15.8. The molecule has 0 saturated heterocycles. The lowest BCUT2D eigenvalue weighted by Gasteiger charge is -2.08. The quantitative estimate of drug-likeness (QED) is 0.759. The maximum atomic E-state index is 11.9. The molecule has 1 N–H and O–H groups in total. The third-order valence-corrected chi connectivity index (χ3v) is 3.80. The SMILES string of the molecule is Cc1cccc(-c2cccc(CNC(=O)CCn3cncn3)c2)c1. The minimum absolute atomic E-state index is 0.00598. The van der Waals surface area contributed by atoms with Gasteiger partial charge >= 0.3 is 0 Å². The van der Waals surface area contributed by atoms with Gasteiger partial charge in [0, 0.05) is 13.0 Å². The third-order valence-electron chi connectivity index (χ3n) is 3.80. The smallest absolute Gasteiger partial charge is 0.222 e. The fraction of sp³-hybridized carbons (Fsp3) is 0.211. The number of amides is 1. The molecular weight excluding hydrogens is 300 g/mol. The van der Waals surface area contributed by atoms with E-state index in [2.05, 4.69) is 58.7 Å². The summed E-state index contributed by atoms with van der Waals surface area (Å²) in [5.41, 5.74) is 4.67. The van der Waals surface area contributed by atoms with Crippen LogP contribution in [0.25, 0.3) is 11.1 Å². The number of hydrogen-bond acceptors (Lipinski definition) is 3. The normalized spacial score (nSPS) is 10.5. The van der Waals surface area contributed by atoms with E-state index in [-0.39, 0.29) is 5.91 Å². The van der Waals surface area contributed by atoms with Crippen molar-refractivity contribution >= 4 is 5.91 Å². The van der Waals surface area contributed by atoms with Gasteiger partial charge in [-0.15, -0.1) is 0 Å². The fourth-order valence-corrected chi connectivity index (χ4v) is 2.54. The minimum Gasteiger partial charge on any atom is -0.352 e. The zero-order valence-corrected chi connectivity index (χ0v) is 13.6. The summed E-state index contributed by atoms with van der Waals surface area (Å²) >= 11 is 0. The van der Waals surface area contributed by atoms with Crippen molar-refractivity contribution in [3.63, 3.8) is 0 Å². The number of carbonyl (C=O) groups excluding carboxylic acids is 1. The standard InChI is InChI=1S/C19H20N4O/c1-15-4-2-6-17(10-15)18-7-3-5-16(11-18)12-21-19(24)8-9-23-14-20-13-22-23/h2-7,10-11,13-14H,8-9,12H2,1H3,(H,21,24). The van der Waals surface area contributed by atoms with E-state index < -0.39 is 0 Å². The van der Waals surface area contributed by atoms with Gasteiger partial charge in [-0.05, 0) is 29.7 Å². The molecule has 0 bridgehead atoms. The van der Waals surface area contributed by atoms with Crippen LogP contribution in [0.15, 0.2) is 61.2 Å². The Bertz CT molecular complexity index is 812. The maximum absolute atomic E-state index is 11.9. The molecule has 3 aromatic rings. The largest absolute Gasteiger partial charge is 0.352 e. The Balaban J connectivity index is 1.57. The Morgan fingerprint density at radius 1 is 1.12 bits per heavy atom.